The molecule has 16 heavy (non-hydrogen) atoms. The number of anilines is 1. The number of benzene rings is 1. The number of carbonyl (C=O) groups is 2. The van der Waals surface area contributed by atoms with Crippen LogP contribution in [-0.4, -0.2) is 11.8 Å². The van der Waals surface area contributed by atoms with Gasteiger partial charge in [-0.15, -0.1) is 0 Å². The Kier molecular flexibility index (Phi) is 2.07. The first-order chi connectivity index (χ1) is 7.43. The van der Waals surface area contributed by atoms with E-state index in [9.17, 15) is 27.2 Å². The first kappa shape index (κ1) is 10.4. The van der Waals surface area contributed by atoms with Gasteiger partial charge in [0.15, 0.2) is 23.3 Å². The van der Waals surface area contributed by atoms with Crippen LogP contribution < -0.4 is 10.6 Å². The summed E-state index contributed by atoms with van der Waals surface area (Å²) in [7, 11) is 0. The molecular weight excluding hydrogens is 232 g/mol. The first-order valence-electron chi connectivity index (χ1n) is 3.86. The number of nitrogens with zero attached hydrogens (tertiary/aromatic N) is 1. The minimum Gasteiger partial charge on any atom is -0.313 e. The van der Waals surface area contributed by atoms with Gasteiger partial charge in [0, 0.05) is 0 Å². The van der Waals surface area contributed by atoms with Gasteiger partial charge in [-0.1, -0.05) is 0 Å². The summed E-state index contributed by atoms with van der Waals surface area (Å²) in [6, 6.07) is 0. The molecule has 1 heterocycles. The largest absolute Gasteiger partial charge is 0.336 e. The van der Waals surface area contributed by atoms with Gasteiger partial charge < -0.3 is 5.32 Å². The Morgan fingerprint density at radius 1 is 0.875 bits per heavy atom. The van der Waals surface area contributed by atoms with Crippen molar-refractivity contribution in [1.29, 1.82) is 0 Å². The van der Waals surface area contributed by atoms with Crippen LogP contribution in [0.5, 0.6) is 0 Å². The molecule has 0 bridgehead atoms. The lowest BCUT2D eigenvalue weighted by Gasteiger charge is -2.16. The van der Waals surface area contributed by atoms with Gasteiger partial charge in [-0.2, -0.15) is 5.32 Å². The standard InChI is InChI=1S/C8HF4N2O2/c9-1-2(10)4(12)6-5(3(1)11)13-7(15)8(16)14-6/h(H,13,15). The predicted molar refractivity (Wildman–Crippen MR) is 41.7 cm³/mol. The van der Waals surface area contributed by atoms with E-state index in [1.54, 1.807) is 5.32 Å². The molecule has 0 unspecified atom stereocenters. The van der Waals surface area contributed by atoms with Crippen LogP contribution in [0.4, 0.5) is 28.9 Å². The van der Waals surface area contributed by atoms with E-state index in [1.165, 1.54) is 0 Å². The molecular formula is C8HF4N2O2. The van der Waals surface area contributed by atoms with Gasteiger partial charge in [-0.25, -0.2) is 17.6 Å². The second-order valence-electron chi connectivity index (χ2n) is 2.85. The maximum Gasteiger partial charge on any atom is 0.336 e. The molecule has 2 rings (SSSR count). The van der Waals surface area contributed by atoms with Crippen molar-refractivity contribution in [2.75, 3.05) is 5.32 Å². The Morgan fingerprint density at radius 3 is 2.06 bits per heavy atom. The van der Waals surface area contributed by atoms with Gasteiger partial charge in [0.2, 0.25) is 0 Å². The lowest BCUT2D eigenvalue weighted by molar-refractivity contribution is -0.136. The van der Waals surface area contributed by atoms with E-state index in [0.717, 1.165) is 0 Å². The minimum atomic E-state index is -2.09. The molecule has 1 aromatic rings. The normalized spacial score (nSPS) is 14.2. The van der Waals surface area contributed by atoms with Gasteiger partial charge in [0.05, 0.1) is 0 Å². The molecule has 2 amide bonds. The number of nitrogens with one attached hydrogen (secondary N) is 1. The molecule has 1 aromatic carbocycles. The summed E-state index contributed by atoms with van der Waals surface area (Å²) in [4.78, 5) is 21.5. The highest BCUT2D eigenvalue weighted by Crippen LogP contribution is 2.34. The third kappa shape index (κ3) is 1.23. The zero-order chi connectivity index (χ0) is 12.0. The fourth-order valence-electron chi connectivity index (χ4n) is 1.16. The Bertz CT molecular complexity index is 483. The maximum absolute atomic E-state index is 13.1. The van der Waals surface area contributed by atoms with Crippen molar-refractivity contribution in [2.24, 2.45) is 0 Å². The Labute approximate surface area is 85.2 Å². The molecule has 0 saturated heterocycles. The van der Waals surface area contributed by atoms with Crippen molar-refractivity contribution in [2.45, 2.75) is 0 Å². The minimum absolute atomic E-state index is 0.985. The highest BCUT2D eigenvalue weighted by Gasteiger charge is 2.34. The third-order valence-electron chi connectivity index (χ3n) is 1.89. The van der Waals surface area contributed by atoms with Crippen molar-refractivity contribution < 1.29 is 27.2 Å². The molecule has 0 aliphatic carbocycles. The first-order valence-corrected chi connectivity index (χ1v) is 3.86. The monoisotopic (exact) mass is 233 g/mol. The van der Waals surface area contributed by atoms with Crippen LogP contribution in [0.3, 0.4) is 0 Å². The summed E-state index contributed by atoms with van der Waals surface area (Å²) < 4.78 is 51.6. The zero-order valence-electron chi connectivity index (χ0n) is 7.28. The van der Waals surface area contributed by atoms with E-state index in [1.807, 2.05) is 0 Å². The Balaban J connectivity index is 2.74. The van der Waals surface area contributed by atoms with Crippen LogP contribution in [0.1, 0.15) is 0 Å². The average Bonchev–Trinajstić information content (AvgIpc) is 2.26. The van der Waals surface area contributed by atoms with E-state index >= 15 is 0 Å². The van der Waals surface area contributed by atoms with E-state index in [-0.39, 0.29) is 0 Å². The Hall–Kier alpha value is -2.12. The molecule has 1 aliphatic heterocycles. The predicted octanol–water partition coefficient (Wildman–Crippen LogP) is 0.958. The smallest absolute Gasteiger partial charge is 0.313 e. The fraction of sp³-hybridized carbons (Fsp3) is 0. The van der Waals surface area contributed by atoms with Gasteiger partial charge in [-0.05, 0) is 0 Å². The van der Waals surface area contributed by atoms with Gasteiger partial charge in [-0.3, -0.25) is 9.59 Å². The topological polar surface area (TPSA) is 60.3 Å². The fourth-order valence-corrected chi connectivity index (χ4v) is 1.16. The van der Waals surface area contributed by atoms with Gasteiger partial charge in [0.25, 0.3) is 0 Å². The Morgan fingerprint density at radius 2 is 1.44 bits per heavy atom. The second-order valence-corrected chi connectivity index (χ2v) is 2.85. The third-order valence-corrected chi connectivity index (χ3v) is 1.89. The summed E-state index contributed by atoms with van der Waals surface area (Å²) in [5.74, 6) is -10.6. The van der Waals surface area contributed by atoms with Crippen molar-refractivity contribution in [3.05, 3.63) is 23.3 Å². The molecule has 1 N–H and O–H groups in total. The average molecular weight is 233 g/mol. The van der Waals surface area contributed by atoms with E-state index in [0.29, 0.717) is 0 Å². The summed E-state index contributed by atoms with van der Waals surface area (Å²) in [5, 5.41) is 4.40. The summed E-state index contributed by atoms with van der Waals surface area (Å²) >= 11 is 0. The van der Waals surface area contributed by atoms with Gasteiger partial charge in [0.1, 0.15) is 11.4 Å². The number of amides is 2. The van der Waals surface area contributed by atoms with Crippen molar-refractivity contribution in [3.63, 3.8) is 0 Å². The van der Waals surface area contributed by atoms with E-state index in [4.69, 9.17) is 0 Å². The number of rotatable bonds is 0. The molecule has 83 valence electrons. The van der Waals surface area contributed by atoms with Crippen molar-refractivity contribution in [1.82, 2.24) is 5.32 Å². The molecule has 0 saturated carbocycles. The lowest BCUT2D eigenvalue weighted by Crippen LogP contribution is -2.35. The summed E-state index contributed by atoms with van der Waals surface area (Å²) in [6.07, 6.45) is 0. The van der Waals surface area contributed by atoms with Crippen LogP contribution in [0, 0.1) is 23.3 Å². The number of fused-ring (bicyclic) bond motifs is 1. The quantitative estimate of drug-likeness (QED) is 0.314. The highest BCUT2D eigenvalue weighted by atomic mass is 19.2. The van der Waals surface area contributed by atoms with Crippen LogP contribution >= 0.6 is 0 Å². The second kappa shape index (κ2) is 3.19. The van der Waals surface area contributed by atoms with Crippen LogP contribution in [-0.2, 0) is 9.59 Å². The van der Waals surface area contributed by atoms with Gasteiger partial charge >= 0.3 is 11.8 Å². The van der Waals surface area contributed by atoms with Crippen molar-refractivity contribution >= 4 is 23.2 Å². The number of hydrogen-bond donors (Lipinski definition) is 1. The van der Waals surface area contributed by atoms with Crippen LogP contribution in [0.2, 0.25) is 0 Å². The number of carbonyl (C=O) groups excluding carboxylic acids is 2. The molecule has 1 radical (unpaired) electrons. The van der Waals surface area contributed by atoms with Crippen LogP contribution in [0.15, 0.2) is 0 Å². The summed E-state index contributed by atoms with van der Waals surface area (Å²) in [6.45, 7) is 0. The molecule has 0 aromatic heterocycles. The summed E-state index contributed by atoms with van der Waals surface area (Å²) in [5.41, 5.74) is -2.04. The lowest BCUT2D eigenvalue weighted by atomic mass is 10.2. The number of halogens is 4. The maximum atomic E-state index is 13.1. The SMILES string of the molecule is O=C1[N]c2c(F)c(F)c(F)c(F)c2NC1=O. The zero-order valence-corrected chi connectivity index (χ0v) is 7.28. The molecule has 1 aliphatic rings. The molecule has 0 atom stereocenters. The molecule has 0 spiro atoms. The van der Waals surface area contributed by atoms with E-state index in [2.05, 4.69) is 5.32 Å². The molecule has 4 nitrogen and oxygen atoms in total. The van der Waals surface area contributed by atoms with Crippen molar-refractivity contribution in [3.8, 4) is 0 Å². The highest BCUT2D eigenvalue weighted by molar-refractivity contribution is 6.42. The number of hydrogen-bond acceptors (Lipinski definition) is 2. The molecule has 0 fully saturated rings. The van der Waals surface area contributed by atoms with E-state index < -0.39 is 46.5 Å². The van der Waals surface area contributed by atoms with Crippen LogP contribution in [0.25, 0.3) is 0 Å². The molecule has 8 heteroatoms.